The number of hydrogen-bond acceptors (Lipinski definition) is 3. The minimum Gasteiger partial charge on any atom is -0.507 e. The van der Waals surface area contributed by atoms with Crippen LogP contribution in [0.3, 0.4) is 0 Å². The van der Waals surface area contributed by atoms with Gasteiger partial charge in [0.15, 0.2) is 0 Å². The van der Waals surface area contributed by atoms with E-state index in [1.807, 2.05) is 54.6 Å². The molecule has 4 rings (SSSR count). The maximum Gasteiger partial charge on any atom is 0.257 e. The van der Waals surface area contributed by atoms with Crippen molar-refractivity contribution in [1.29, 1.82) is 0 Å². The normalized spacial score (nSPS) is 13.9. The topological polar surface area (TPSA) is 60.9 Å². The van der Waals surface area contributed by atoms with Crippen LogP contribution in [0.2, 0.25) is 0 Å². The first-order valence-electron chi connectivity index (χ1n) is 9.65. The molecule has 1 heterocycles. The van der Waals surface area contributed by atoms with E-state index in [0.717, 1.165) is 11.1 Å². The van der Waals surface area contributed by atoms with Crippen molar-refractivity contribution < 1.29 is 14.7 Å². The standard InChI is InChI=1S/C24H22N2O3/c27-22-9-5-4-8-21(22)24(29)26-16-14-25(15-17-26)23(28)20-12-10-19(11-13-20)18-6-2-1-3-7-18/h1-13,27H,14-17H2. The fraction of sp³-hybridized carbons (Fsp3) is 0.167. The minimum absolute atomic E-state index is 0.0190. The molecule has 0 bridgehead atoms. The molecule has 0 atom stereocenters. The molecule has 3 aromatic carbocycles. The van der Waals surface area contributed by atoms with Crippen molar-refractivity contribution in [2.45, 2.75) is 0 Å². The van der Waals surface area contributed by atoms with Gasteiger partial charge in [0.2, 0.25) is 0 Å². The quantitative estimate of drug-likeness (QED) is 0.747. The Morgan fingerprint density at radius 1 is 0.621 bits per heavy atom. The Morgan fingerprint density at radius 2 is 1.14 bits per heavy atom. The summed E-state index contributed by atoms with van der Waals surface area (Å²) in [5.74, 6) is -0.254. The van der Waals surface area contributed by atoms with E-state index in [9.17, 15) is 14.7 Å². The lowest BCUT2D eigenvalue weighted by Gasteiger charge is -2.35. The van der Waals surface area contributed by atoms with Crippen LogP contribution in [0, 0.1) is 0 Å². The largest absolute Gasteiger partial charge is 0.507 e. The van der Waals surface area contributed by atoms with E-state index < -0.39 is 0 Å². The Balaban J connectivity index is 1.39. The second-order valence-electron chi connectivity index (χ2n) is 7.04. The molecule has 0 radical (unpaired) electrons. The van der Waals surface area contributed by atoms with Crippen LogP contribution in [-0.2, 0) is 0 Å². The van der Waals surface area contributed by atoms with Gasteiger partial charge in [-0.05, 0) is 35.4 Å². The molecule has 3 aromatic rings. The number of phenols is 1. The van der Waals surface area contributed by atoms with Gasteiger partial charge < -0.3 is 14.9 Å². The number of aromatic hydroxyl groups is 1. The van der Waals surface area contributed by atoms with E-state index in [1.165, 1.54) is 6.07 Å². The third-order valence-corrected chi connectivity index (χ3v) is 5.23. The summed E-state index contributed by atoms with van der Waals surface area (Å²) in [4.78, 5) is 28.9. The zero-order valence-corrected chi connectivity index (χ0v) is 16.0. The average molecular weight is 386 g/mol. The van der Waals surface area contributed by atoms with Crippen molar-refractivity contribution in [1.82, 2.24) is 9.80 Å². The van der Waals surface area contributed by atoms with Gasteiger partial charge in [-0.2, -0.15) is 0 Å². The highest BCUT2D eigenvalue weighted by Crippen LogP contribution is 2.21. The third-order valence-electron chi connectivity index (χ3n) is 5.23. The predicted molar refractivity (Wildman–Crippen MR) is 112 cm³/mol. The summed E-state index contributed by atoms with van der Waals surface area (Å²) < 4.78 is 0. The first-order chi connectivity index (χ1) is 14.1. The van der Waals surface area contributed by atoms with Gasteiger partial charge in [0, 0.05) is 31.7 Å². The number of carbonyl (C=O) groups is 2. The SMILES string of the molecule is O=C(c1ccc(-c2ccccc2)cc1)N1CCN(C(=O)c2ccccc2O)CC1. The van der Waals surface area contributed by atoms with E-state index >= 15 is 0 Å². The van der Waals surface area contributed by atoms with E-state index in [0.29, 0.717) is 37.3 Å². The van der Waals surface area contributed by atoms with Gasteiger partial charge in [-0.25, -0.2) is 0 Å². The molecule has 5 heteroatoms. The lowest BCUT2D eigenvalue weighted by atomic mass is 10.0. The summed E-state index contributed by atoms with van der Waals surface area (Å²) in [5, 5.41) is 9.89. The Bertz CT molecular complexity index is 1010. The van der Waals surface area contributed by atoms with Crippen LogP contribution >= 0.6 is 0 Å². The molecular formula is C24H22N2O3. The van der Waals surface area contributed by atoms with Crippen LogP contribution in [0.15, 0.2) is 78.9 Å². The molecule has 0 spiro atoms. The molecule has 1 saturated heterocycles. The smallest absolute Gasteiger partial charge is 0.257 e. The van der Waals surface area contributed by atoms with Crippen molar-refractivity contribution in [3.05, 3.63) is 90.0 Å². The maximum atomic E-state index is 12.8. The number of amides is 2. The van der Waals surface area contributed by atoms with Gasteiger partial charge in [0.25, 0.3) is 11.8 Å². The molecule has 5 nitrogen and oxygen atoms in total. The molecule has 0 aromatic heterocycles. The third kappa shape index (κ3) is 3.99. The Kier molecular flexibility index (Phi) is 5.29. The van der Waals surface area contributed by atoms with Gasteiger partial charge in [-0.15, -0.1) is 0 Å². The summed E-state index contributed by atoms with van der Waals surface area (Å²) >= 11 is 0. The Labute approximate surface area is 169 Å². The second-order valence-corrected chi connectivity index (χ2v) is 7.04. The fourth-order valence-electron chi connectivity index (χ4n) is 3.56. The van der Waals surface area contributed by atoms with Crippen LogP contribution in [0.1, 0.15) is 20.7 Å². The summed E-state index contributed by atoms with van der Waals surface area (Å²) in [5.41, 5.74) is 3.12. The second kappa shape index (κ2) is 8.19. The number of hydrogen-bond donors (Lipinski definition) is 1. The number of phenolic OH excluding ortho intramolecular Hbond substituents is 1. The van der Waals surface area contributed by atoms with E-state index in [-0.39, 0.29) is 17.6 Å². The van der Waals surface area contributed by atoms with Gasteiger partial charge in [0.1, 0.15) is 5.75 Å². The van der Waals surface area contributed by atoms with Crippen molar-refractivity contribution in [3.63, 3.8) is 0 Å². The fourth-order valence-corrected chi connectivity index (χ4v) is 3.56. The zero-order valence-electron chi connectivity index (χ0n) is 16.0. The van der Waals surface area contributed by atoms with E-state index in [4.69, 9.17) is 0 Å². The molecule has 1 aliphatic heterocycles. The van der Waals surface area contributed by atoms with E-state index in [2.05, 4.69) is 0 Å². The van der Waals surface area contributed by atoms with E-state index in [1.54, 1.807) is 28.0 Å². The van der Waals surface area contributed by atoms with Crippen molar-refractivity contribution in [2.75, 3.05) is 26.2 Å². The molecule has 0 unspecified atom stereocenters. The first-order valence-corrected chi connectivity index (χ1v) is 9.65. The highest BCUT2D eigenvalue weighted by Gasteiger charge is 2.26. The Morgan fingerprint density at radius 3 is 1.76 bits per heavy atom. The van der Waals surface area contributed by atoms with Gasteiger partial charge >= 0.3 is 0 Å². The monoisotopic (exact) mass is 386 g/mol. The van der Waals surface area contributed by atoms with Gasteiger partial charge in [-0.1, -0.05) is 54.6 Å². The molecule has 2 amide bonds. The number of benzene rings is 3. The number of piperazine rings is 1. The number of rotatable bonds is 3. The maximum absolute atomic E-state index is 12.8. The molecule has 0 aliphatic carbocycles. The first kappa shape index (κ1) is 18.7. The molecule has 0 saturated carbocycles. The van der Waals surface area contributed by atoms with Gasteiger partial charge in [0.05, 0.1) is 5.56 Å². The van der Waals surface area contributed by atoms with Crippen molar-refractivity contribution in [3.8, 4) is 16.9 Å². The highest BCUT2D eigenvalue weighted by molar-refractivity contribution is 5.97. The lowest BCUT2D eigenvalue weighted by molar-refractivity contribution is 0.0533. The molecule has 146 valence electrons. The van der Waals surface area contributed by atoms with Crippen LogP contribution < -0.4 is 0 Å². The molecule has 1 fully saturated rings. The van der Waals surface area contributed by atoms with Crippen molar-refractivity contribution >= 4 is 11.8 Å². The van der Waals surface area contributed by atoms with Crippen molar-refractivity contribution in [2.24, 2.45) is 0 Å². The zero-order chi connectivity index (χ0) is 20.2. The lowest BCUT2D eigenvalue weighted by Crippen LogP contribution is -2.50. The average Bonchev–Trinajstić information content (AvgIpc) is 2.79. The molecule has 1 N–H and O–H groups in total. The predicted octanol–water partition coefficient (Wildman–Crippen LogP) is 3.66. The van der Waals surface area contributed by atoms with Crippen LogP contribution in [-0.4, -0.2) is 52.9 Å². The summed E-state index contributed by atoms with van der Waals surface area (Å²) in [6.45, 7) is 1.83. The molecule has 29 heavy (non-hydrogen) atoms. The summed E-state index contributed by atoms with van der Waals surface area (Å²) in [6, 6.07) is 24.2. The number of para-hydroxylation sites is 1. The summed E-state index contributed by atoms with van der Waals surface area (Å²) in [7, 11) is 0. The number of carbonyl (C=O) groups excluding carboxylic acids is 2. The summed E-state index contributed by atoms with van der Waals surface area (Å²) in [6.07, 6.45) is 0. The number of nitrogens with zero attached hydrogens (tertiary/aromatic N) is 2. The minimum atomic E-state index is -0.206. The molecule has 1 aliphatic rings. The van der Waals surface area contributed by atoms with Crippen LogP contribution in [0.25, 0.3) is 11.1 Å². The Hall–Kier alpha value is -3.60. The van der Waals surface area contributed by atoms with Crippen LogP contribution in [0.5, 0.6) is 5.75 Å². The molecular weight excluding hydrogens is 364 g/mol. The van der Waals surface area contributed by atoms with Gasteiger partial charge in [-0.3, -0.25) is 9.59 Å². The van der Waals surface area contributed by atoms with Crippen LogP contribution in [0.4, 0.5) is 0 Å². The highest BCUT2D eigenvalue weighted by atomic mass is 16.3.